The van der Waals surface area contributed by atoms with Crippen molar-refractivity contribution in [1.82, 2.24) is 14.7 Å². The van der Waals surface area contributed by atoms with Crippen molar-refractivity contribution in [2.45, 2.75) is 11.4 Å². The molecule has 8 nitrogen and oxygen atoms in total. The van der Waals surface area contributed by atoms with E-state index in [0.29, 0.717) is 22.8 Å². The predicted octanol–water partition coefficient (Wildman–Crippen LogP) is 2.34. The van der Waals surface area contributed by atoms with Crippen LogP contribution in [0.3, 0.4) is 0 Å². The number of ether oxygens (including phenoxy) is 2. The number of nitrogens with one attached hydrogen (secondary N) is 1. The molecule has 3 aromatic rings. The summed E-state index contributed by atoms with van der Waals surface area (Å²) in [5.41, 5.74) is 1.65. The maximum atomic E-state index is 12.7. The second kappa shape index (κ2) is 8.24. The fraction of sp³-hybridized carbons (Fsp3) is 0.158. The van der Waals surface area contributed by atoms with Crippen LogP contribution in [0, 0.1) is 0 Å². The van der Waals surface area contributed by atoms with Gasteiger partial charge in [0.25, 0.3) is 0 Å². The lowest BCUT2D eigenvalue weighted by Gasteiger charge is -2.12. The lowest BCUT2D eigenvalue weighted by atomic mass is 10.2. The summed E-state index contributed by atoms with van der Waals surface area (Å²) < 4.78 is 38.2. The molecular formula is C19H19N3O5S. The summed E-state index contributed by atoms with van der Waals surface area (Å²) in [5.74, 6) is 0.469. The van der Waals surface area contributed by atoms with Crippen molar-refractivity contribution in [3.05, 3.63) is 60.4 Å². The van der Waals surface area contributed by atoms with E-state index in [4.69, 9.17) is 9.47 Å². The van der Waals surface area contributed by atoms with Gasteiger partial charge in [-0.2, -0.15) is 0 Å². The number of aromatic hydroxyl groups is 1. The van der Waals surface area contributed by atoms with Crippen molar-refractivity contribution in [2.75, 3.05) is 14.2 Å². The molecule has 0 aliphatic carbocycles. The highest BCUT2D eigenvalue weighted by atomic mass is 32.2. The van der Waals surface area contributed by atoms with Crippen LogP contribution in [0.25, 0.3) is 11.4 Å². The van der Waals surface area contributed by atoms with Crippen LogP contribution in [0.5, 0.6) is 17.2 Å². The first-order valence-corrected chi connectivity index (χ1v) is 9.74. The molecule has 2 heterocycles. The molecule has 1 aromatic carbocycles. The molecule has 0 radical (unpaired) electrons. The molecule has 0 aliphatic rings. The molecule has 0 saturated heterocycles. The highest BCUT2D eigenvalue weighted by Crippen LogP contribution is 2.28. The van der Waals surface area contributed by atoms with Crippen molar-refractivity contribution in [3.8, 4) is 28.6 Å². The number of benzene rings is 1. The molecule has 0 amide bonds. The Kier molecular flexibility index (Phi) is 5.76. The Labute approximate surface area is 162 Å². The Bertz CT molecular complexity index is 1070. The Balaban J connectivity index is 1.89. The van der Waals surface area contributed by atoms with Crippen LogP contribution < -0.4 is 14.2 Å². The number of sulfonamides is 1. The first-order chi connectivity index (χ1) is 13.4. The summed E-state index contributed by atoms with van der Waals surface area (Å²) in [5, 5.41) is 9.63. The summed E-state index contributed by atoms with van der Waals surface area (Å²) in [7, 11) is -1.08. The van der Waals surface area contributed by atoms with Crippen LogP contribution in [0.1, 0.15) is 5.69 Å². The second-order valence-corrected chi connectivity index (χ2v) is 7.49. The molecule has 2 N–H and O–H groups in total. The normalized spacial score (nSPS) is 11.2. The largest absolute Gasteiger partial charge is 0.508 e. The molecule has 146 valence electrons. The van der Waals surface area contributed by atoms with E-state index < -0.39 is 10.0 Å². The van der Waals surface area contributed by atoms with E-state index in [2.05, 4.69) is 14.7 Å². The third-order valence-corrected chi connectivity index (χ3v) is 5.32. The van der Waals surface area contributed by atoms with Gasteiger partial charge in [0.1, 0.15) is 22.1 Å². The van der Waals surface area contributed by atoms with E-state index in [1.165, 1.54) is 26.4 Å². The zero-order valence-electron chi connectivity index (χ0n) is 15.3. The molecular weight excluding hydrogens is 382 g/mol. The maximum absolute atomic E-state index is 12.7. The Morgan fingerprint density at radius 3 is 2.54 bits per heavy atom. The van der Waals surface area contributed by atoms with Gasteiger partial charge in [-0.05, 0) is 24.3 Å². The number of hydrogen-bond donors (Lipinski definition) is 2. The van der Waals surface area contributed by atoms with Crippen LogP contribution in [-0.2, 0) is 16.6 Å². The van der Waals surface area contributed by atoms with Crippen LogP contribution >= 0.6 is 0 Å². The number of hydrogen-bond acceptors (Lipinski definition) is 7. The molecule has 0 atom stereocenters. The number of pyridine rings is 2. The second-order valence-electron chi connectivity index (χ2n) is 5.76. The number of phenols is 1. The lowest BCUT2D eigenvalue weighted by Crippen LogP contribution is -2.24. The topological polar surface area (TPSA) is 111 Å². The number of rotatable bonds is 7. The van der Waals surface area contributed by atoms with E-state index in [9.17, 15) is 13.5 Å². The van der Waals surface area contributed by atoms with Crippen molar-refractivity contribution < 1.29 is 23.0 Å². The van der Waals surface area contributed by atoms with Gasteiger partial charge >= 0.3 is 0 Å². The first kappa shape index (κ1) is 19.6. The summed E-state index contributed by atoms with van der Waals surface area (Å²) in [6.45, 7) is -0.0851. The van der Waals surface area contributed by atoms with E-state index >= 15 is 0 Å². The first-order valence-electron chi connectivity index (χ1n) is 8.26. The molecule has 0 unspecified atom stereocenters. The van der Waals surface area contributed by atoms with Gasteiger partial charge in [-0.25, -0.2) is 18.1 Å². The third-order valence-electron chi connectivity index (χ3n) is 3.89. The average Bonchev–Trinajstić information content (AvgIpc) is 2.72. The summed E-state index contributed by atoms with van der Waals surface area (Å²) in [6.07, 6.45) is 1.65. The molecule has 28 heavy (non-hydrogen) atoms. The Morgan fingerprint density at radius 1 is 1.04 bits per heavy atom. The van der Waals surface area contributed by atoms with Gasteiger partial charge in [0, 0.05) is 24.4 Å². The summed E-state index contributed by atoms with van der Waals surface area (Å²) in [6, 6.07) is 12.6. The van der Waals surface area contributed by atoms with E-state index in [1.54, 1.807) is 30.5 Å². The van der Waals surface area contributed by atoms with Crippen LogP contribution in [-0.4, -0.2) is 37.7 Å². The molecule has 3 rings (SSSR count). The molecule has 0 fully saturated rings. The molecule has 0 saturated carbocycles. The minimum absolute atomic E-state index is 0.0851. The van der Waals surface area contributed by atoms with Gasteiger partial charge in [-0.15, -0.1) is 0 Å². The smallest absolute Gasteiger partial charge is 0.244 e. The van der Waals surface area contributed by atoms with Crippen molar-refractivity contribution in [1.29, 1.82) is 0 Å². The monoisotopic (exact) mass is 401 g/mol. The van der Waals surface area contributed by atoms with Crippen molar-refractivity contribution in [3.63, 3.8) is 0 Å². The van der Waals surface area contributed by atoms with Crippen LogP contribution in [0.2, 0.25) is 0 Å². The van der Waals surface area contributed by atoms with Crippen LogP contribution in [0.15, 0.2) is 59.6 Å². The lowest BCUT2D eigenvalue weighted by molar-refractivity contribution is 0.398. The van der Waals surface area contributed by atoms with E-state index in [1.807, 2.05) is 6.07 Å². The van der Waals surface area contributed by atoms with Crippen molar-refractivity contribution >= 4 is 10.0 Å². The molecule has 0 bridgehead atoms. The fourth-order valence-corrected chi connectivity index (χ4v) is 3.72. The quantitative estimate of drug-likeness (QED) is 0.625. The fourth-order valence-electron chi connectivity index (χ4n) is 2.54. The van der Waals surface area contributed by atoms with E-state index in [0.717, 1.165) is 6.07 Å². The highest BCUT2D eigenvalue weighted by Gasteiger charge is 2.20. The SMILES string of the molecule is COc1cc(CNS(=O)(=O)c2cc(O)ccc2OC)nc(-c2ccccn2)c1. The van der Waals surface area contributed by atoms with Gasteiger partial charge in [0.2, 0.25) is 10.0 Å². The number of nitrogens with zero attached hydrogens (tertiary/aromatic N) is 2. The molecule has 2 aromatic heterocycles. The third kappa shape index (κ3) is 4.38. The van der Waals surface area contributed by atoms with Gasteiger partial charge < -0.3 is 14.6 Å². The minimum atomic E-state index is -3.95. The van der Waals surface area contributed by atoms with E-state index in [-0.39, 0.29) is 22.9 Å². The van der Waals surface area contributed by atoms with Crippen molar-refractivity contribution in [2.24, 2.45) is 0 Å². The number of phenolic OH excluding ortho intramolecular Hbond substituents is 1. The zero-order chi connectivity index (χ0) is 20.1. The maximum Gasteiger partial charge on any atom is 0.244 e. The zero-order valence-corrected chi connectivity index (χ0v) is 16.1. The molecule has 9 heteroatoms. The standard InChI is InChI=1S/C19H19N3O5S/c1-26-15-9-13(22-17(11-15)16-5-3-4-8-20-16)12-21-28(24,25)19-10-14(23)6-7-18(19)27-2/h3-11,21,23H,12H2,1-2H3. The average molecular weight is 401 g/mol. The molecule has 0 aliphatic heterocycles. The summed E-state index contributed by atoms with van der Waals surface area (Å²) in [4.78, 5) is 8.55. The summed E-state index contributed by atoms with van der Waals surface area (Å²) >= 11 is 0. The van der Waals surface area contributed by atoms with Gasteiger partial charge in [-0.3, -0.25) is 4.98 Å². The van der Waals surface area contributed by atoms with Gasteiger partial charge in [0.15, 0.2) is 0 Å². The Hall–Kier alpha value is -3.17. The predicted molar refractivity (Wildman–Crippen MR) is 103 cm³/mol. The highest BCUT2D eigenvalue weighted by molar-refractivity contribution is 7.89. The molecule has 0 spiro atoms. The van der Waals surface area contributed by atoms with Gasteiger partial charge in [0.05, 0.1) is 37.8 Å². The van der Waals surface area contributed by atoms with Gasteiger partial charge in [-0.1, -0.05) is 6.07 Å². The number of aromatic nitrogens is 2. The van der Waals surface area contributed by atoms with Crippen LogP contribution in [0.4, 0.5) is 0 Å². The minimum Gasteiger partial charge on any atom is -0.508 e. The Morgan fingerprint density at radius 2 is 1.86 bits per heavy atom. The number of methoxy groups -OCH3 is 2.